The molecule has 6 heteroatoms. The Morgan fingerprint density at radius 3 is 3.05 bits per heavy atom. The summed E-state index contributed by atoms with van der Waals surface area (Å²) < 4.78 is 0. The Morgan fingerprint density at radius 2 is 2.23 bits per heavy atom. The lowest BCUT2D eigenvalue weighted by Gasteiger charge is -2.34. The molecule has 0 radical (unpaired) electrons. The first-order chi connectivity index (χ1) is 10.8. The molecule has 0 saturated carbocycles. The third-order valence-electron chi connectivity index (χ3n) is 4.99. The fourth-order valence-electron chi connectivity index (χ4n) is 3.91. The van der Waals surface area contributed by atoms with Gasteiger partial charge in [0.15, 0.2) is 0 Å². The van der Waals surface area contributed by atoms with Crippen molar-refractivity contribution in [3.8, 4) is 0 Å². The van der Waals surface area contributed by atoms with Crippen LogP contribution in [0.4, 0.5) is 5.13 Å². The zero-order valence-corrected chi connectivity index (χ0v) is 13.7. The van der Waals surface area contributed by atoms with Crippen LogP contribution >= 0.6 is 11.3 Å². The molecule has 4 heterocycles. The Balaban J connectivity index is 1.51. The van der Waals surface area contributed by atoms with Crippen molar-refractivity contribution in [2.75, 3.05) is 24.5 Å². The molecule has 0 N–H and O–H groups in total. The van der Waals surface area contributed by atoms with Gasteiger partial charge in [0.05, 0.1) is 5.69 Å². The smallest absolute Gasteiger partial charge is 0.208 e. The van der Waals surface area contributed by atoms with Gasteiger partial charge in [-0.3, -0.25) is 9.88 Å². The standard InChI is InChI=1S/C16H21N5S/c1-13-4-2-5-14(18-13)10-21-8-3-6-16(21)7-9-20(11-16)15-19-17-12-22-15/h2,4-5,12H,3,6-11H2,1H3. The minimum absolute atomic E-state index is 0.303. The van der Waals surface area contributed by atoms with E-state index in [-0.39, 0.29) is 0 Å². The summed E-state index contributed by atoms with van der Waals surface area (Å²) in [6.07, 6.45) is 3.79. The molecule has 2 aliphatic rings. The fourth-order valence-corrected chi connectivity index (χ4v) is 4.50. The molecule has 0 bridgehead atoms. The molecule has 0 aromatic carbocycles. The van der Waals surface area contributed by atoms with Crippen LogP contribution in [0.25, 0.3) is 0 Å². The van der Waals surface area contributed by atoms with Crippen LogP contribution in [0.5, 0.6) is 0 Å². The van der Waals surface area contributed by atoms with Gasteiger partial charge in [-0.25, -0.2) is 0 Å². The third kappa shape index (κ3) is 2.50. The molecule has 2 aromatic heterocycles. The van der Waals surface area contributed by atoms with Crippen molar-refractivity contribution in [3.05, 3.63) is 35.1 Å². The maximum Gasteiger partial charge on any atom is 0.208 e. The van der Waals surface area contributed by atoms with Crippen LogP contribution in [-0.4, -0.2) is 45.3 Å². The second kappa shape index (κ2) is 5.59. The van der Waals surface area contributed by atoms with E-state index in [2.05, 4.69) is 50.1 Å². The van der Waals surface area contributed by atoms with Gasteiger partial charge in [0.1, 0.15) is 5.51 Å². The monoisotopic (exact) mass is 315 g/mol. The van der Waals surface area contributed by atoms with Gasteiger partial charge in [-0.15, -0.1) is 10.2 Å². The summed E-state index contributed by atoms with van der Waals surface area (Å²) in [6.45, 7) is 6.38. The predicted octanol–water partition coefficient (Wildman–Crippen LogP) is 2.49. The largest absolute Gasteiger partial charge is 0.345 e. The Labute approximate surface area is 135 Å². The number of pyridine rings is 1. The van der Waals surface area contributed by atoms with Gasteiger partial charge in [0, 0.05) is 30.9 Å². The van der Waals surface area contributed by atoms with E-state index in [4.69, 9.17) is 0 Å². The lowest BCUT2D eigenvalue weighted by molar-refractivity contribution is 0.148. The summed E-state index contributed by atoms with van der Waals surface area (Å²) >= 11 is 1.64. The average molecular weight is 315 g/mol. The summed E-state index contributed by atoms with van der Waals surface area (Å²) in [6, 6.07) is 6.33. The van der Waals surface area contributed by atoms with Crippen molar-refractivity contribution in [3.63, 3.8) is 0 Å². The molecule has 0 aliphatic carbocycles. The zero-order chi connectivity index (χ0) is 15.0. The van der Waals surface area contributed by atoms with E-state index in [0.29, 0.717) is 5.54 Å². The summed E-state index contributed by atoms with van der Waals surface area (Å²) in [5.41, 5.74) is 4.42. The number of hydrogen-bond acceptors (Lipinski definition) is 6. The first kappa shape index (κ1) is 14.1. The maximum absolute atomic E-state index is 4.68. The molecule has 4 rings (SSSR count). The highest BCUT2D eigenvalue weighted by Gasteiger charge is 2.46. The number of nitrogens with zero attached hydrogens (tertiary/aromatic N) is 5. The highest BCUT2D eigenvalue weighted by molar-refractivity contribution is 7.13. The minimum Gasteiger partial charge on any atom is -0.345 e. The number of rotatable bonds is 3. The van der Waals surface area contributed by atoms with E-state index in [0.717, 1.165) is 30.5 Å². The first-order valence-electron chi connectivity index (χ1n) is 7.94. The summed E-state index contributed by atoms with van der Waals surface area (Å²) in [4.78, 5) is 9.74. The average Bonchev–Trinajstić information content (AvgIpc) is 3.23. The summed E-state index contributed by atoms with van der Waals surface area (Å²) in [5, 5.41) is 9.29. The van der Waals surface area contributed by atoms with Crippen LogP contribution in [0.1, 0.15) is 30.7 Å². The molecule has 1 unspecified atom stereocenters. The van der Waals surface area contributed by atoms with Crippen molar-refractivity contribution in [1.82, 2.24) is 20.1 Å². The van der Waals surface area contributed by atoms with Gasteiger partial charge in [-0.2, -0.15) is 0 Å². The van der Waals surface area contributed by atoms with Crippen LogP contribution in [0.3, 0.4) is 0 Å². The van der Waals surface area contributed by atoms with Crippen LogP contribution in [-0.2, 0) is 6.54 Å². The van der Waals surface area contributed by atoms with Crippen molar-refractivity contribution in [1.29, 1.82) is 0 Å². The lowest BCUT2D eigenvalue weighted by Crippen LogP contribution is -2.45. The van der Waals surface area contributed by atoms with Crippen molar-refractivity contribution < 1.29 is 0 Å². The number of anilines is 1. The van der Waals surface area contributed by atoms with E-state index >= 15 is 0 Å². The topological polar surface area (TPSA) is 45.2 Å². The minimum atomic E-state index is 0.303. The summed E-state index contributed by atoms with van der Waals surface area (Å²) in [5.74, 6) is 0. The molecule has 2 saturated heterocycles. The van der Waals surface area contributed by atoms with Crippen molar-refractivity contribution >= 4 is 16.5 Å². The van der Waals surface area contributed by atoms with E-state index in [1.807, 2.05) is 5.51 Å². The Kier molecular flexibility index (Phi) is 3.58. The van der Waals surface area contributed by atoms with Crippen molar-refractivity contribution in [2.24, 2.45) is 0 Å². The van der Waals surface area contributed by atoms with Crippen molar-refractivity contribution in [2.45, 2.75) is 38.3 Å². The molecule has 2 fully saturated rings. The molecule has 5 nitrogen and oxygen atoms in total. The maximum atomic E-state index is 4.68. The van der Waals surface area contributed by atoms with Gasteiger partial charge >= 0.3 is 0 Å². The molecular formula is C16H21N5S. The molecular weight excluding hydrogens is 294 g/mol. The van der Waals surface area contributed by atoms with Gasteiger partial charge in [-0.05, 0) is 44.9 Å². The molecule has 116 valence electrons. The molecule has 2 aromatic rings. The predicted molar refractivity (Wildman–Crippen MR) is 88.1 cm³/mol. The fraction of sp³-hybridized carbons (Fsp3) is 0.562. The normalized spacial score (nSPS) is 25.4. The second-order valence-corrected chi connectivity index (χ2v) is 7.22. The highest BCUT2D eigenvalue weighted by atomic mass is 32.1. The van der Waals surface area contributed by atoms with E-state index < -0.39 is 0 Å². The number of aromatic nitrogens is 3. The highest BCUT2D eigenvalue weighted by Crippen LogP contribution is 2.40. The number of hydrogen-bond donors (Lipinski definition) is 0. The Hall–Kier alpha value is -1.53. The molecule has 2 aliphatic heterocycles. The summed E-state index contributed by atoms with van der Waals surface area (Å²) in [7, 11) is 0. The van der Waals surface area contributed by atoms with Crippen LogP contribution in [0.15, 0.2) is 23.7 Å². The van der Waals surface area contributed by atoms with Gasteiger partial charge in [0.25, 0.3) is 0 Å². The third-order valence-corrected chi connectivity index (χ3v) is 5.74. The lowest BCUT2D eigenvalue weighted by atomic mass is 9.95. The van der Waals surface area contributed by atoms with Gasteiger partial charge in [0.2, 0.25) is 5.13 Å². The Morgan fingerprint density at radius 1 is 1.27 bits per heavy atom. The van der Waals surface area contributed by atoms with Gasteiger partial charge < -0.3 is 4.90 Å². The van der Waals surface area contributed by atoms with E-state index in [1.54, 1.807) is 11.3 Å². The van der Waals surface area contributed by atoms with E-state index in [9.17, 15) is 0 Å². The molecule has 1 spiro atoms. The van der Waals surface area contributed by atoms with Crippen LogP contribution in [0, 0.1) is 6.92 Å². The number of aryl methyl sites for hydroxylation is 1. The number of likely N-dealkylation sites (tertiary alicyclic amines) is 1. The molecule has 22 heavy (non-hydrogen) atoms. The van der Waals surface area contributed by atoms with Crippen LogP contribution < -0.4 is 4.90 Å². The second-order valence-electron chi connectivity index (χ2n) is 6.41. The SMILES string of the molecule is Cc1cccc(CN2CCCC23CCN(c2nncs2)C3)n1. The Bertz CT molecular complexity index is 644. The molecule has 0 amide bonds. The quantitative estimate of drug-likeness (QED) is 0.871. The molecule has 1 atom stereocenters. The van der Waals surface area contributed by atoms with Gasteiger partial charge in [-0.1, -0.05) is 17.4 Å². The van der Waals surface area contributed by atoms with E-state index in [1.165, 1.54) is 31.5 Å². The zero-order valence-electron chi connectivity index (χ0n) is 12.9. The van der Waals surface area contributed by atoms with Crippen LogP contribution in [0.2, 0.25) is 0 Å². The first-order valence-corrected chi connectivity index (χ1v) is 8.82.